The van der Waals surface area contributed by atoms with E-state index in [-0.39, 0.29) is 21.5 Å². The number of rotatable bonds is 7. The maximum atomic E-state index is 12.4. The fourth-order valence-electron chi connectivity index (χ4n) is 1.96. The predicted molar refractivity (Wildman–Crippen MR) is 103 cm³/mol. The second-order valence-corrected chi connectivity index (χ2v) is 9.88. The van der Waals surface area contributed by atoms with Crippen LogP contribution in [0.25, 0.3) is 0 Å². The fourth-order valence-corrected chi connectivity index (χ4v) is 5.05. The molecule has 0 saturated heterocycles. The van der Waals surface area contributed by atoms with E-state index in [1.165, 1.54) is 18.2 Å². The number of carbonyl (C=O) groups is 2. The van der Waals surface area contributed by atoms with Crippen LogP contribution in [0.4, 0.5) is 5.69 Å². The van der Waals surface area contributed by atoms with E-state index in [1.807, 2.05) is 0 Å². The molecule has 1 aromatic heterocycles. The monoisotopic (exact) mass is 460 g/mol. The van der Waals surface area contributed by atoms with Crippen molar-refractivity contribution in [3.63, 3.8) is 0 Å². The summed E-state index contributed by atoms with van der Waals surface area (Å²) in [7, 11) is -3.84. The predicted octanol–water partition coefficient (Wildman–Crippen LogP) is 2.99. The number of halogens is 1. The van der Waals surface area contributed by atoms with Crippen LogP contribution >= 0.6 is 27.3 Å². The highest BCUT2D eigenvalue weighted by atomic mass is 79.9. The van der Waals surface area contributed by atoms with Crippen molar-refractivity contribution in [1.29, 1.82) is 0 Å². The molecule has 2 rings (SSSR count). The van der Waals surface area contributed by atoms with Gasteiger partial charge in [0.25, 0.3) is 15.9 Å². The van der Waals surface area contributed by atoms with Gasteiger partial charge in [0.05, 0.1) is 15.0 Å². The van der Waals surface area contributed by atoms with Gasteiger partial charge in [-0.2, -0.15) is 0 Å². The van der Waals surface area contributed by atoms with Crippen LogP contribution in [0.5, 0.6) is 0 Å². The summed E-state index contributed by atoms with van der Waals surface area (Å²) in [6.07, 6.45) is 0. The molecule has 0 aliphatic carbocycles. The first-order chi connectivity index (χ1) is 12.2. The third-order valence-corrected chi connectivity index (χ3v) is 6.47. The number of thiophene rings is 1. The average Bonchev–Trinajstić information content (AvgIpc) is 2.99. The van der Waals surface area contributed by atoms with Crippen LogP contribution in [0.2, 0.25) is 0 Å². The number of hydrogen-bond acceptors (Lipinski definition) is 6. The van der Waals surface area contributed by atoms with Crippen LogP contribution in [-0.2, 0) is 19.6 Å². The van der Waals surface area contributed by atoms with Crippen molar-refractivity contribution in [2.45, 2.75) is 24.1 Å². The second-order valence-electron chi connectivity index (χ2n) is 5.51. The van der Waals surface area contributed by atoms with Gasteiger partial charge in [0.15, 0.2) is 6.61 Å². The Balaban J connectivity index is 2.14. The molecule has 0 aliphatic rings. The number of nitrogens with one attached hydrogen (secondary N) is 2. The Morgan fingerprint density at radius 2 is 1.88 bits per heavy atom. The summed E-state index contributed by atoms with van der Waals surface area (Å²) >= 11 is 4.26. The van der Waals surface area contributed by atoms with Crippen LogP contribution in [0.15, 0.2) is 44.4 Å². The number of sulfonamides is 1. The molecule has 1 heterocycles. The molecule has 0 fully saturated rings. The summed E-state index contributed by atoms with van der Waals surface area (Å²) < 4.78 is 33.0. The number of ether oxygens (including phenoxy) is 1. The average molecular weight is 461 g/mol. The minimum atomic E-state index is -3.84. The molecule has 2 aromatic rings. The highest BCUT2D eigenvalue weighted by Gasteiger charge is 2.21. The molecule has 1 aromatic carbocycles. The number of hydrogen-bond donors (Lipinski definition) is 2. The van der Waals surface area contributed by atoms with Crippen molar-refractivity contribution >= 4 is 54.9 Å². The standard InChI is InChI=1S/C16H17BrN2O5S2/c1-10(2)18-14(20)9-24-16(21)11-5-3-4-6-12(11)19-26(22,23)15-8-7-13(17)25-15/h3-8,10,19H,9H2,1-2H3,(H,18,20). The molecule has 7 nitrogen and oxygen atoms in total. The van der Waals surface area contributed by atoms with Gasteiger partial charge in [-0.05, 0) is 54.0 Å². The molecule has 0 spiro atoms. The summed E-state index contributed by atoms with van der Waals surface area (Å²) in [4.78, 5) is 23.8. The lowest BCUT2D eigenvalue weighted by atomic mass is 10.2. The molecule has 0 unspecified atom stereocenters. The molecular weight excluding hydrogens is 444 g/mol. The minimum absolute atomic E-state index is 0.0176. The van der Waals surface area contributed by atoms with E-state index < -0.39 is 28.5 Å². The molecule has 140 valence electrons. The van der Waals surface area contributed by atoms with Crippen molar-refractivity contribution in [2.75, 3.05) is 11.3 Å². The van der Waals surface area contributed by atoms with Crippen molar-refractivity contribution in [1.82, 2.24) is 5.32 Å². The van der Waals surface area contributed by atoms with Gasteiger partial charge in [-0.15, -0.1) is 11.3 Å². The van der Waals surface area contributed by atoms with Crippen LogP contribution < -0.4 is 10.0 Å². The van der Waals surface area contributed by atoms with Crippen molar-refractivity contribution < 1.29 is 22.7 Å². The van der Waals surface area contributed by atoms with E-state index in [1.54, 1.807) is 32.0 Å². The zero-order valence-electron chi connectivity index (χ0n) is 14.0. The lowest BCUT2D eigenvalue weighted by Gasteiger charge is -2.12. The molecule has 0 saturated carbocycles. The Morgan fingerprint density at radius 1 is 1.19 bits per heavy atom. The molecule has 2 N–H and O–H groups in total. The topological polar surface area (TPSA) is 102 Å². The van der Waals surface area contributed by atoms with Gasteiger partial charge in [0.1, 0.15) is 4.21 Å². The van der Waals surface area contributed by atoms with E-state index in [4.69, 9.17) is 4.74 Å². The molecular formula is C16H17BrN2O5S2. The van der Waals surface area contributed by atoms with Crippen molar-refractivity contribution in [3.8, 4) is 0 Å². The smallest absolute Gasteiger partial charge is 0.340 e. The molecule has 1 amide bonds. The van der Waals surface area contributed by atoms with Gasteiger partial charge in [-0.1, -0.05) is 12.1 Å². The fraction of sp³-hybridized carbons (Fsp3) is 0.250. The Morgan fingerprint density at radius 3 is 2.50 bits per heavy atom. The van der Waals surface area contributed by atoms with Crippen molar-refractivity contribution in [2.24, 2.45) is 0 Å². The molecule has 0 aliphatic heterocycles. The first kappa shape index (κ1) is 20.4. The Kier molecular flexibility index (Phi) is 6.79. The van der Waals surface area contributed by atoms with E-state index >= 15 is 0 Å². The number of esters is 1. The summed E-state index contributed by atoms with van der Waals surface area (Å²) in [5.41, 5.74) is 0.0929. The molecule has 0 radical (unpaired) electrons. The van der Waals surface area contributed by atoms with E-state index in [9.17, 15) is 18.0 Å². The van der Waals surface area contributed by atoms with Crippen LogP contribution in [-0.4, -0.2) is 32.9 Å². The van der Waals surface area contributed by atoms with E-state index in [2.05, 4.69) is 26.0 Å². The summed E-state index contributed by atoms with van der Waals surface area (Å²) in [5, 5.41) is 2.60. The molecule has 10 heteroatoms. The molecule has 0 bridgehead atoms. The SMILES string of the molecule is CC(C)NC(=O)COC(=O)c1ccccc1NS(=O)(=O)c1ccc(Br)s1. The first-order valence-corrected chi connectivity index (χ1v) is 10.6. The number of carbonyl (C=O) groups excluding carboxylic acids is 2. The van der Waals surface area contributed by atoms with Gasteiger partial charge in [0, 0.05) is 6.04 Å². The second kappa shape index (κ2) is 8.65. The van der Waals surface area contributed by atoms with E-state index in [0.29, 0.717) is 3.79 Å². The maximum Gasteiger partial charge on any atom is 0.340 e. The first-order valence-electron chi connectivity index (χ1n) is 7.52. The normalized spacial score (nSPS) is 11.2. The van der Waals surface area contributed by atoms with Crippen LogP contribution in [0, 0.1) is 0 Å². The summed E-state index contributed by atoms with van der Waals surface area (Å²) in [5.74, 6) is -1.23. The maximum absolute atomic E-state index is 12.4. The minimum Gasteiger partial charge on any atom is -0.452 e. The van der Waals surface area contributed by atoms with Gasteiger partial charge in [-0.25, -0.2) is 13.2 Å². The molecule has 0 atom stereocenters. The van der Waals surface area contributed by atoms with Gasteiger partial charge in [0.2, 0.25) is 0 Å². The third-order valence-electron chi connectivity index (χ3n) is 2.99. The largest absolute Gasteiger partial charge is 0.452 e. The van der Waals surface area contributed by atoms with Gasteiger partial charge in [-0.3, -0.25) is 9.52 Å². The molecule has 26 heavy (non-hydrogen) atoms. The summed E-state index contributed by atoms with van der Waals surface area (Å²) in [6.45, 7) is 3.12. The van der Waals surface area contributed by atoms with Gasteiger partial charge < -0.3 is 10.1 Å². The van der Waals surface area contributed by atoms with Crippen molar-refractivity contribution in [3.05, 3.63) is 45.7 Å². The zero-order valence-corrected chi connectivity index (χ0v) is 17.2. The van der Waals surface area contributed by atoms with Crippen LogP contribution in [0.1, 0.15) is 24.2 Å². The third kappa shape index (κ3) is 5.55. The Labute approximate surface area is 163 Å². The summed E-state index contributed by atoms with van der Waals surface area (Å²) in [6, 6.07) is 9.02. The Hall–Kier alpha value is -1.91. The highest BCUT2D eigenvalue weighted by molar-refractivity contribution is 9.11. The highest BCUT2D eigenvalue weighted by Crippen LogP contribution is 2.28. The Bertz CT molecular complexity index is 909. The quantitative estimate of drug-likeness (QED) is 0.618. The zero-order chi connectivity index (χ0) is 19.3. The lowest BCUT2D eigenvalue weighted by Crippen LogP contribution is -2.34. The van der Waals surface area contributed by atoms with E-state index in [0.717, 1.165) is 11.3 Å². The lowest BCUT2D eigenvalue weighted by molar-refractivity contribution is -0.124. The number of benzene rings is 1. The number of amides is 1. The van der Waals surface area contributed by atoms with Gasteiger partial charge >= 0.3 is 5.97 Å². The van der Waals surface area contributed by atoms with Crippen LogP contribution in [0.3, 0.4) is 0 Å². The number of para-hydroxylation sites is 1. The number of anilines is 1.